The Balaban J connectivity index is 2.07. The lowest BCUT2D eigenvalue weighted by Crippen LogP contribution is -2.36. The molecule has 2 rings (SSSR count). The van der Waals surface area contributed by atoms with Crippen LogP contribution in [0.5, 0.6) is 0 Å². The van der Waals surface area contributed by atoms with E-state index in [-0.39, 0.29) is 31.2 Å². The molecule has 0 bridgehead atoms. The van der Waals surface area contributed by atoms with Gasteiger partial charge in [0.2, 0.25) is 10.0 Å². The number of nitro benzene ring substituents is 1. The summed E-state index contributed by atoms with van der Waals surface area (Å²) in [4.78, 5) is 21.9. The molecule has 0 unspecified atom stereocenters. The van der Waals surface area contributed by atoms with E-state index >= 15 is 0 Å². The van der Waals surface area contributed by atoms with E-state index in [4.69, 9.17) is 34.8 Å². The minimum atomic E-state index is -4.08. The van der Waals surface area contributed by atoms with Crippen molar-refractivity contribution in [1.29, 1.82) is 0 Å². The molecule has 0 aliphatic rings. The number of nitro groups is 1. The molecular weight excluding hydrogens is 467 g/mol. The summed E-state index contributed by atoms with van der Waals surface area (Å²) in [7, 11) is -2.89. The van der Waals surface area contributed by atoms with Crippen LogP contribution >= 0.6 is 34.8 Å². The Morgan fingerprint density at radius 2 is 1.86 bits per heavy atom. The molecule has 0 saturated carbocycles. The molecule has 0 atom stereocenters. The number of amides is 1. The molecule has 0 radical (unpaired) electrons. The van der Waals surface area contributed by atoms with Crippen LogP contribution in [-0.4, -0.2) is 43.4 Å². The Bertz CT molecular complexity index is 1090. The zero-order valence-electron chi connectivity index (χ0n) is 14.7. The second-order valence-corrected chi connectivity index (χ2v) is 8.86. The van der Waals surface area contributed by atoms with Crippen molar-refractivity contribution in [2.45, 2.75) is 4.90 Å². The molecule has 154 valence electrons. The predicted molar refractivity (Wildman–Crippen MR) is 110 cm³/mol. The quantitative estimate of drug-likeness (QED) is 0.371. The average Bonchev–Trinajstić information content (AvgIpc) is 2.64. The number of benzene rings is 2. The topological polar surface area (TPSA) is 122 Å². The zero-order valence-corrected chi connectivity index (χ0v) is 17.8. The Labute approximate surface area is 181 Å². The summed E-state index contributed by atoms with van der Waals surface area (Å²) in [6.45, 7) is -0.564. The van der Waals surface area contributed by atoms with Crippen LogP contribution in [0.2, 0.25) is 15.1 Å². The van der Waals surface area contributed by atoms with Gasteiger partial charge in [0.1, 0.15) is 4.90 Å². The monoisotopic (exact) mass is 478 g/mol. The largest absolute Gasteiger partial charge is 0.272 e. The number of nitrogens with zero attached hydrogens (tertiary/aromatic N) is 3. The fourth-order valence-electron chi connectivity index (χ4n) is 2.08. The number of hydrogen-bond donors (Lipinski definition) is 1. The SMILES string of the molecule is CN(CC(=O)NN=Cc1cc([N+](=O)[O-])ccc1Cl)S(=O)(=O)c1cc(Cl)ccc1Cl. The van der Waals surface area contributed by atoms with E-state index in [9.17, 15) is 23.3 Å². The molecule has 0 aromatic heterocycles. The molecule has 0 aliphatic heterocycles. The fourth-order valence-corrected chi connectivity index (χ4v) is 4.11. The number of sulfonamides is 1. The van der Waals surface area contributed by atoms with E-state index in [0.29, 0.717) is 0 Å². The van der Waals surface area contributed by atoms with Crippen LogP contribution in [0.25, 0.3) is 0 Å². The first-order valence-corrected chi connectivity index (χ1v) is 10.3. The van der Waals surface area contributed by atoms with Gasteiger partial charge in [-0.05, 0) is 24.3 Å². The average molecular weight is 480 g/mol. The molecule has 0 heterocycles. The van der Waals surface area contributed by atoms with Gasteiger partial charge < -0.3 is 0 Å². The number of rotatable bonds is 7. The summed E-state index contributed by atoms with van der Waals surface area (Å²) < 4.78 is 25.9. The van der Waals surface area contributed by atoms with Crippen molar-refractivity contribution in [3.05, 3.63) is 67.1 Å². The van der Waals surface area contributed by atoms with Gasteiger partial charge in [0.05, 0.1) is 22.7 Å². The molecule has 29 heavy (non-hydrogen) atoms. The predicted octanol–water partition coefficient (Wildman–Crippen LogP) is 3.33. The van der Waals surface area contributed by atoms with Gasteiger partial charge in [0.25, 0.3) is 11.6 Å². The molecule has 1 N–H and O–H groups in total. The Morgan fingerprint density at radius 3 is 2.52 bits per heavy atom. The van der Waals surface area contributed by atoms with Crippen LogP contribution in [0.1, 0.15) is 5.56 Å². The highest BCUT2D eigenvalue weighted by molar-refractivity contribution is 7.89. The van der Waals surface area contributed by atoms with Crippen molar-refractivity contribution < 1.29 is 18.1 Å². The first-order valence-electron chi connectivity index (χ1n) is 7.69. The van der Waals surface area contributed by atoms with Crippen molar-refractivity contribution in [2.75, 3.05) is 13.6 Å². The summed E-state index contributed by atoms with van der Waals surface area (Å²) >= 11 is 17.6. The zero-order chi connectivity index (χ0) is 21.8. The maximum Gasteiger partial charge on any atom is 0.270 e. The number of nitrogens with one attached hydrogen (secondary N) is 1. The minimum absolute atomic E-state index is 0.0417. The smallest absolute Gasteiger partial charge is 0.270 e. The van der Waals surface area contributed by atoms with Gasteiger partial charge in [-0.25, -0.2) is 13.8 Å². The van der Waals surface area contributed by atoms with Gasteiger partial charge in [-0.1, -0.05) is 34.8 Å². The third-order valence-corrected chi connectivity index (χ3v) is 6.40. The highest BCUT2D eigenvalue weighted by Crippen LogP contribution is 2.27. The standard InChI is InChI=1S/C16H13Cl3N4O5S/c1-22(29(27,28)15-7-11(17)2-4-14(15)19)9-16(24)21-20-8-10-6-12(23(25)26)3-5-13(10)18/h2-8H,9H2,1H3,(H,21,24). The third-order valence-electron chi connectivity index (χ3n) is 3.53. The minimum Gasteiger partial charge on any atom is -0.272 e. The van der Waals surface area contributed by atoms with Crippen molar-refractivity contribution >= 4 is 62.6 Å². The van der Waals surface area contributed by atoms with Crippen LogP contribution in [0.15, 0.2) is 46.4 Å². The van der Waals surface area contributed by atoms with Gasteiger partial charge in [0, 0.05) is 34.8 Å². The summed E-state index contributed by atoms with van der Waals surface area (Å²) in [5.41, 5.74) is 2.12. The van der Waals surface area contributed by atoms with Crippen LogP contribution in [0, 0.1) is 10.1 Å². The van der Waals surface area contributed by atoms with Crippen molar-refractivity contribution in [3.8, 4) is 0 Å². The number of carbonyl (C=O) groups excluding carboxylic acids is 1. The fraction of sp³-hybridized carbons (Fsp3) is 0.125. The van der Waals surface area contributed by atoms with E-state index in [1.165, 1.54) is 43.4 Å². The molecule has 9 nitrogen and oxygen atoms in total. The lowest BCUT2D eigenvalue weighted by atomic mass is 10.2. The molecule has 2 aromatic carbocycles. The number of non-ortho nitro benzene ring substituents is 1. The second-order valence-electron chi connectivity index (χ2n) is 5.59. The molecule has 0 saturated heterocycles. The number of carbonyl (C=O) groups is 1. The lowest BCUT2D eigenvalue weighted by molar-refractivity contribution is -0.384. The summed E-state index contributed by atoms with van der Waals surface area (Å²) in [6, 6.07) is 7.66. The second kappa shape index (κ2) is 9.51. The number of likely N-dealkylation sites (N-methyl/N-ethyl adjacent to an activating group) is 1. The molecule has 0 spiro atoms. The lowest BCUT2D eigenvalue weighted by Gasteiger charge is -2.17. The number of halogens is 3. The van der Waals surface area contributed by atoms with Crippen molar-refractivity contribution in [2.24, 2.45) is 5.10 Å². The van der Waals surface area contributed by atoms with Crippen LogP contribution in [0.3, 0.4) is 0 Å². The van der Waals surface area contributed by atoms with Gasteiger partial charge >= 0.3 is 0 Å². The van der Waals surface area contributed by atoms with Crippen LogP contribution < -0.4 is 5.43 Å². The van der Waals surface area contributed by atoms with E-state index in [2.05, 4.69) is 10.5 Å². The molecule has 13 heteroatoms. The Kier molecular flexibility index (Phi) is 7.55. The molecular formula is C16H13Cl3N4O5S. The third kappa shape index (κ3) is 5.87. The van der Waals surface area contributed by atoms with Crippen LogP contribution in [0.4, 0.5) is 5.69 Å². The molecule has 0 aliphatic carbocycles. The number of hydrogen-bond acceptors (Lipinski definition) is 6. The maximum absolute atomic E-state index is 12.6. The highest BCUT2D eigenvalue weighted by atomic mass is 35.5. The summed E-state index contributed by atoms with van der Waals surface area (Å²) in [5, 5.41) is 14.7. The summed E-state index contributed by atoms with van der Waals surface area (Å²) in [6.07, 6.45) is 1.11. The van der Waals surface area contributed by atoms with Crippen molar-refractivity contribution in [3.63, 3.8) is 0 Å². The number of hydrazone groups is 1. The Morgan fingerprint density at radius 1 is 1.21 bits per heavy atom. The molecule has 2 aromatic rings. The first kappa shape index (κ1) is 23.0. The van der Waals surface area contributed by atoms with E-state index in [0.717, 1.165) is 10.5 Å². The normalized spacial score (nSPS) is 11.8. The maximum atomic E-state index is 12.6. The molecule has 0 fully saturated rings. The van der Waals surface area contributed by atoms with Gasteiger partial charge in [-0.2, -0.15) is 9.41 Å². The van der Waals surface area contributed by atoms with Gasteiger partial charge in [0.15, 0.2) is 0 Å². The van der Waals surface area contributed by atoms with Gasteiger partial charge in [-0.3, -0.25) is 14.9 Å². The van der Waals surface area contributed by atoms with E-state index < -0.39 is 27.4 Å². The van der Waals surface area contributed by atoms with Crippen LogP contribution in [-0.2, 0) is 14.8 Å². The summed E-state index contributed by atoms with van der Waals surface area (Å²) in [5.74, 6) is -0.757. The van der Waals surface area contributed by atoms with E-state index in [1.54, 1.807) is 0 Å². The first-order chi connectivity index (χ1) is 13.5. The Hall–Kier alpha value is -2.24. The molecule has 1 amide bonds. The highest BCUT2D eigenvalue weighted by Gasteiger charge is 2.25. The van der Waals surface area contributed by atoms with Gasteiger partial charge in [-0.15, -0.1) is 0 Å². The van der Waals surface area contributed by atoms with E-state index in [1.807, 2.05) is 0 Å². The van der Waals surface area contributed by atoms with Crippen molar-refractivity contribution in [1.82, 2.24) is 9.73 Å².